The molecule has 4 rings (SSSR count). The molecule has 0 aliphatic carbocycles. The quantitative estimate of drug-likeness (QED) is 0.534. The summed E-state index contributed by atoms with van der Waals surface area (Å²) in [5, 5.41) is 9.04. The summed E-state index contributed by atoms with van der Waals surface area (Å²) in [6.45, 7) is 0.370. The van der Waals surface area contributed by atoms with Crippen LogP contribution in [0.3, 0.4) is 0 Å². The van der Waals surface area contributed by atoms with Crippen LogP contribution in [0.15, 0.2) is 59.1 Å². The lowest BCUT2D eigenvalue weighted by Crippen LogP contribution is -2.23. The Kier molecular flexibility index (Phi) is 4.36. The number of anilines is 1. The Morgan fingerprint density at radius 2 is 1.96 bits per heavy atom. The molecule has 0 aliphatic rings. The zero-order chi connectivity index (χ0) is 18.1. The van der Waals surface area contributed by atoms with E-state index in [0.717, 1.165) is 21.2 Å². The number of nitrogens with two attached hydrogens (primary N) is 1. The van der Waals surface area contributed by atoms with E-state index < -0.39 is 0 Å². The summed E-state index contributed by atoms with van der Waals surface area (Å²) in [5.74, 6) is -0.351. The predicted molar refractivity (Wildman–Crippen MR) is 104 cm³/mol. The lowest BCUT2D eigenvalue weighted by Gasteiger charge is -2.08. The molecule has 0 aliphatic heterocycles. The van der Waals surface area contributed by atoms with Gasteiger partial charge in [0, 0.05) is 6.54 Å². The van der Waals surface area contributed by atoms with Crippen molar-refractivity contribution in [3.63, 3.8) is 0 Å². The van der Waals surface area contributed by atoms with E-state index in [1.54, 1.807) is 12.1 Å². The average Bonchev–Trinajstić information content (AvgIpc) is 3.25. The number of aromatic nitrogens is 1. The monoisotopic (exact) mass is 383 g/mol. The molecule has 0 bridgehead atoms. The van der Waals surface area contributed by atoms with E-state index >= 15 is 0 Å². The molecule has 26 heavy (non-hydrogen) atoms. The first kappa shape index (κ1) is 16.6. The number of carbonyl (C=O) groups excluding carboxylic acids is 1. The number of halogens is 1. The van der Waals surface area contributed by atoms with Gasteiger partial charge in [0.2, 0.25) is 5.88 Å². The van der Waals surface area contributed by atoms with Gasteiger partial charge in [0.15, 0.2) is 0 Å². The molecule has 2 heterocycles. The highest BCUT2D eigenvalue weighted by Gasteiger charge is 2.23. The number of thiophene rings is 1. The van der Waals surface area contributed by atoms with Crippen molar-refractivity contribution in [2.24, 2.45) is 0 Å². The Morgan fingerprint density at radius 3 is 2.77 bits per heavy atom. The summed E-state index contributed by atoms with van der Waals surface area (Å²) in [6, 6.07) is 17.6. The van der Waals surface area contributed by atoms with E-state index in [0.29, 0.717) is 16.6 Å². The van der Waals surface area contributed by atoms with Crippen LogP contribution in [0, 0.1) is 0 Å². The Bertz CT molecular complexity index is 1100. The van der Waals surface area contributed by atoms with Crippen LogP contribution in [0.25, 0.3) is 21.3 Å². The fourth-order valence-electron chi connectivity index (χ4n) is 2.84. The zero-order valence-electron chi connectivity index (χ0n) is 13.5. The summed E-state index contributed by atoms with van der Waals surface area (Å²) < 4.78 is 5.63. The summed E-state index contributed by atoms with van der Waals surface area (Å²) in [6.07, 6.45) is 0. The molecule has 0 fully saturated rings. The van der Waals surface area contributed by atoms with Gasteiger partial charge in [0.25, 0.3) is 5.91 Å². The van der Waals surface area contributed by atoms with Crippen LogP contribution in [0.5, 0.6) is 0 Å². The number of benzene rings is 2. The molecule has 0 spiro atoms. The smallest absolute Gasteiger partial charge is 0.259 e. The Balaban J connectivity index is 1.60. The van der Waals surface area contributed by atoms with Crippen LogP contribution >= 0.6 is 22.9 Å². The highest BCUT2D eigenvalue weighted by Crippen LogP contribution is 2.34. The summed E-state index contributed by atoms with van der Waals surface area (Å²) >= 11 is 7.28. The van der Waals surface area contributed by atoms with E-state index in [4.69, 9.17) is 21.9 Å². The van der Waals surface area contributed by atoms with Crippen molar-refractivity contribution in [2.45, 2.75) is 6.54 Å². The first-order valence-corrected chi connectivity index (χ1v) is 9.08. The maximum absolute atomic E-state index is 12.7. The molecular formula is C19H14ClN3O2S. The van der Waals surface area contributed by atoms with Gasteiger partial charge in [-0.2, -0.15) is 0 Å². The van der Waals surface area contributed by atoms with Gasteiger partial charge in [-0.3, -0.25) is 4.79 Å². The van der Waals surface area contributed by atoms with E-state index in [1.807, 2.05) is 42.5 Å². The molecule has 2 aromatic carbocycles. The number of nitrogens with one attached hydrogen (secondary N) is 1. The lowest BCUT2D eigenvalue weighted by molar-refractivity contribution is 0.0952. The maximum atomic E-state index is 12.7. The van der Waals surface area contributed by atoms with Gasteiger partial charge in [0.05, 0.1) is 9.21 Å². The van der Waals surface area contributed by atoms with Crippen molar-refractivity contribution < 1.29 is 9.32 Å². The second kappa shape index (κ2) is 6.82. The summed E-state index contributed by atoms with van der Waals surface area (Å²) in [5.41, 5.74) is 7.47. The predicted octanol–water partition coefficient (Wildman–Crippen LogP) is 4.72. The molecule has 0 saturated carbocycles. The third-order valence-corrected chi connectivity index (χ3v) is 5.31. The third kappa shape index (κ3) is 3.05. The Hall–Kier alpha value is -2.83. The van der Waals surface area contributed by atoms with Gasteiger partial charge in [0.1, 0.15) is 11.3 Å². The minimum Gasteiger partial charge on any atom is -0.367 e. The summed E-state index contributed by atoms with van der Waals surface area (Å²) in [4.78, 5) is 13.4. The van der Waals surface area contributed by atoms with Crippen LogP contribution in [0.4, 0.5) is 5.88 Å². The molecule has 130 valence electrons. The lowest BCUT2D eigenvalue weighted by atomic mass is 10.0. The SMILES string of the molecule is Nc1onc(-c2ccc(Cl)s2)c1C(=O)NCc1cccc2ccccc12. The standard InChI is InChI=1S/C19H14ClN3O2S/c20-15-9-8-14(26-15)17-16(18(21)25-23-17)19(24)22-10-12-6-3-5-11-4-1-2-7-13(11)12/h1-9H,10,21H2,(H,22,24). The van der Waals surface area contributed by atoms with Crippen LogP contribution in [-0.2, 0) is 6.54 Å². The number of nitrogen functional groups attached to an aromatic ring is 1. The molecule has 0 radical (unpaired) electrons. The molecule has 4 aromatic rings. The number of amides is 1. The third-order valence-electron chi connectivity index (χ3n) is 4.07. The molecule has 2 aromatic heterocycles. The van der Waals surface area contributed by atoms with Gasteiger partial charge in [-0.15, -0.1) is 11.3 Å². The van der Waals surface area contributed by atoms with Crippen LogP contribution < -0.4 is 11.1 Å². The van der Waals surface area contributed by atoms with Crippen LogP contribution in [0.1, 0.15) is 15.9 Å². The number of hydrogen-bond acceptors (Lipinski definition) is 5. The van der Waals surface area contributed by atoms with Gasteiger partial charge < -0.3 is 15.6 Å². The minimum atomic E-state index is -0.337. The van der Waals surface area contributed by atoms with E-state index in [-0.39, 0.29) is 17.4 Å². The van der Waals surface area contributed by atoms with Crippen molar-refractivity contribution in [1.82, 2.24) is 10.5 Å². The van der Waals surface area contributed by atoms with E-state index in [9.17, 15) is 4.79 Å². The van der Waals surface area contributed by atoms with Gasteiger partial charge in [-0.25, -0.2) is 0 Å². The fourth-order valence-corrected chi connectivity index (χ4v) is 3.87. The Morgan fingerprint density at radius 1 is 1.15 bits per heavy atom. The van der Waals surface area contributed by atoms with Crippen molar-refractivity contribution in [1.29, 1.82) is 0 Å². The molecule has 5 nitrogen and oxygen atoms in total. The number of fused-ring (bicyclic) bond motifs is 1. The molecule has 0 atom stereocenters. The molecular weight excluding hydrogens is 370 g/mol. The second-order valence-electron chi connectivity index (χ2n) is 5.70. The number of carbonyl (C=O) groups is 1. The molecule has 7 heteroatoms. The average molecular weight is 384 g/mol. The molecule has 3 N–H and O–H groups in total. The summed E-state index contributed by atoms with van der Waals surface area (Å²) in [7, 11) is 0. The minimum absolute atomic E-state index is 0.0139. The van der Waals surface area contributed by atoms with Crippen LogP contribution in [-0.4, -0.2) is 11.1 Å². The van der Waals surface area contributed by atoms with Crippen molar-refractivity contribution in [3.05, 3.63) is 70.1 Å². The van der Waals surface area contributed by atoms with E-state index in [1.165, 1.54) is 11.3 Å². The number of hydrogen-bond donors (Lipinski definition) is 2. The largest absolute Gasteiger partial charge is 0.367 e. The van der Waals surface area contributed by atoms with Crippen molar-refractivity contribution in [2.75, 3.05) is 5.73 Å². The Labute approximate surface area is 158 Å². The zero-order valence-corrected chi connectivity index (χ0v) is 15.1. The number of nitrogens with zero attached hydrogens (tertiary/aromatic N) is 1. The molecule has 1 amide bonds. The van der Waals surface area contributed by atoms with Gasteiger partial charge in [-0.05, 0) is 28.5 Å². The molecule has 0 unspecified atom stereocenters. The topological polar surface area (TPSA) is 81.2 Å². The maximum Gasteiger partial charge on any atom is 0.259 e. The fraction of sp³-hybridized carbons (Fsp3) is 0.0526. The van der Waals surface area contributed by atoms with Crippen molar-refractivity contribution in [3.8, 4) is 10.6 Å². The normalized spacial score (nSPS) is 11.0. The molecule has 0 saturated heterocycles. The highest BCUT2D eigenvalue weighted by atomic mass is 35.5. The van der Waals surface area contributed by atoms with E-state index in [2.05, 4.69) is 10.5 Å². The highest BCUT2D eigenvalue weighted by molar-refractivity contribution is 7.19. The number of rotatable bonds is 4. The van der Waals surface area contributed by atoms with Gasteiger partial charge >= 0.3 is 0 Å². The van der Waals surface area contributed by atoms with Crippen LogP contribution in [0.2, 0.25) is 4.34 Å². The second-order valence-corrected chi connectivity index (χ2v) is 7.41. The first-order chi connectivity index (χ1) is 12.6. The van der Waals surface area contributed by atoms with Gasteiger partial charge in [-0.1, -0.05) is 59.2 Å². The first-order valence-electron chi connectivity index (χ1n) is 7.89. The van der Waals surface area contributed by atoms with Crippen molar-refractivity contribution >= 4 is 45.5 Å².